The number of hydrogen-bond donors (Lipinski definition) is 4. The average Bonchev–Trinajstić information content (AvgIpc) is 0.722. The number of hydrogen-bond acceptors (Lipinski definition) is 4. The molecule has 0 unspecified atom stereocenters. The van der Waals surface area contributed by atoms with Gasteiger partial charge in [0.2, 0.25) is 0 Å². The van der Waals surface area contributed by atoms with E-state index in [1.807, 2.05) is 0 Å². The zero-order valence-corrected chi connectivity index (χ0v) is 3.29. The maximum absolute atomic E-state index is 7.33. The molecule has 0 aromatic rings. The molecule has 0 aromatic heterocycles. The van der Waals surface area contributed by atoms with E-state index >= 15 is 0 Å². The van der Waals surface area contributed by atoms with Crippen LogP contribution in [-0.2, 0) is 0 Å². The van der Waals surface area contributed by atoms with Crippen molar-refractivity contribution in [3.05, 3.63) is 0 Å². The van der Waals surface area contributed by atoms with Crippen molar-refractivity contribution in [1.29, 1.82) is 0 Å². The molecule has 0 aliphatic carbocycles. The molecule has 0 atom stereocenters. The summed E-state index contributed by atoms with van der Waals surface area (Å²) in [6.45, 7) is 0. The summed E-state index contributed by atoms with van der Waals surface area (Å²) in [7, 11) is -4.61. The molecule has 0 fully saturated rings. The van der Waals surface area contributed by atoms with Crippen molar-refractivity contribution in [1.82, 2.24) is 0 Å². The van der Waals surface area contributed by atoms with Crippen LogP contribution in [0.2, 0.25) is 0 Å². The second kappa shape index (κ2) is 11.3. The fraction of sp³-hybridized carbons (Fsp3) is 0. The van der Waals surface area contributed by atoms with Gasteiger partial charge in [-0.1, -0.05) is 0 Å². The minimum absolute atomic E-state index is 0. The van der Waals surface area contributed by atoms with Crippen LogP contribution >= 0.6 is 0 Å². The van der Waals surface area contributed by atoms with E-state index < -0.39 is 9.05 Å². The van der Waals surface area contributed by atoms with Crippen molar-refractivity contribution in [2.75, 3.05) is 0 Å². The van der Waals surface area contributed by atoms with Gasteiger partial charge in [0.1, 0.15) is 0 Å². The van der Waals surface area contributed by atoms with Gasteiger partial charge in [-0.25, -0.2) is 0 Å². The predicted octanol–water partition coefficient (Wildman–Crippen LogP) is -4.82. The molecule has 0 rings (SSSR count). The molecule has 8 heteroatoms. The topological polar surface area (TPSA) is 80.9 Å². The normalized spacial score (nSPS) is 7.50. The monoisotopic (exact) mass is 300 g/mol. The molecule has 0 saturated heterocycles. The Balaban J connectivity index is -0.0000000267. The zero-order chi connectivity index (χ0) is 4.50. The van der Waals surface area contributed by atoms with E-state index in [0.717, 1.165) is 0 Å². The van der Waals surface area contributed by atoms with Crippen LogP contribution in [0, 0.1) is 0 Å². The van der Waals surface area contributed by atoms with Crippen molar-refractivity contribution >= 4 is 139 Å². The standard InChI is InChI=1S/Ba.K.Na.H4O4Si.4H/c;;;1-5(2,3)4;;;;/h;;;1-4H;;;;. The van der Waals surface area contributed by atoms with Gasteiger partial charge in [0, 0.05) is 0 Å². The summed E-state index contributed by atoms with van der Waals surface area (Å²) >= 11 is 0. The summed E-state index contributed by atoms with van der Waals surface area (Å²) in [5, 5.41) is 0. The molecule has 0 saturated carbocycles. The van der Waals surface area contributed by atoms with Gasteiger partial charge in [-0.15, -0.1) is 0 Å². The van der Waals surface area contributed by atoms with Gasteiger partial charge in [-0.2, -0.15) is 0 Å². The molecule has 0 radical (unpaired) electrons. The van der Waals surface area contributed by atoms with Crippen molar-refractivity contribution in [2.45, 2.75) is 0 Å². The summed E-state index contributed by atoms with van der Waals surface area (Å²) in [6, 6.07) is 0. The fourth-order valence-corrected chi connectivity index (χ4v) is 0. The molecule has 0 spiro atoms. The van der Waals surface area contributed by atoms with E-state index in [4.69, 9.17) is 19.2 Å². The van der Waals surface area contributed by atoms with Crippen LogP contribution in [0.15, 0.2) is 0 Å². The third-order valence-electron chi connectivity index (χ3n) is 0. The second-order valence-corrected chi connectivity index (χ2v) is 1.80. The SMILES string of the molecule is O[Si](O)(O)O.[BaH2].[KH].[NaH]. The zero-order valence-electron chi connectivity index (χ0n) is 2.29. The van der Waals surface area contributed by atoms with Gasteiger partial charge < -0.3 is 19.2 Å². The fourth-order valence-electron chi connectivity index (χ4n) is 0. The molecule has 0 bridgehead atoms. The van der Waals surface area contributed by atoms with E-state index in [9.17, 15) is 0 Å². The van der Waals surface area contributed by atoms with Crippen LogP contribution in [0.3, 0.4) is 0 Å². The van der Waals surface area contributed by atoms with Gasteiger partial charge in [0.25, 0.3) is 0 Å². The summed E-state index contributed by atoms with van der Waals surface area (Å²) in [4.78, 5) is 29.3. The molecule has 4 nitrogen and oxygen atoms in total. The van der Waals surface area contributed by atoms with E-state index in [0.29, 0.717) is 0 Å². The van der Waals surface area contributed by atoms with Crippen LogP contribution in [0.25, 0.3) is 0 Å². The molecule has 8 heavy (non-hydrogen) atoms. The quantitative estimate of drug-likeness (QED) is 0.338. The Labute approximate surface area is 153 Å². The minimum atomic E-state index is -4.61. The maximum atomic E-state index is 7.33. The molecule has 4 N–H and O–H groups in total. The van der Waals surface area contributed by atoms with Gasteiger partial charge in [-0.05, 0) is 0 Å². The van der Waals surface area contributed by atoms with Crippen molar-refractivity contribution in [3.8, 4) is 0 Å². The first-order valence-electron chi connectivity index (χ1n) is 0.894. The molecular weight excluding hydrogens is 291 g/mol. The van der Waals surface area contributed by atoms with Crippen molar-refractivity contribution in [2.24, 2.45) is 0 Å². The summed E-state index contributed by atoms with van der Waals surface area (Å²) in [5.41, 5.74) is 0. The average molecular weight is 300 g/mol. The third-order valence-corrected chi connectivity index (χ3v) is 0. The summed E-state index contributed by atoms with van der Waals surface area (Å²) in [5.74, 6) is 0. The molecular formula is H8BaKNaO4Si. The van der Waals surface area contributed by atoms with Gasteiger partial charge >= 0.3 is 139 Å². The number of rotatable bonds is 0. The predicted molar refractivity (Wildman–Crippen MR) is 37.5 cm³/mol. The Bertz CT molecular complexity index is 31.5. The summed E-state index contributed by atoms with van der Waals surface area (Å²) < 4.78 is 0. The Hall–Kier alpha value is 4.26. The Morgan fingerprint density at radius 2 is 0.875 bits per heavy atom. The second-order valence-electron chi connectivity index (χ2n) is 0.600. The van der Waals surface area contributed by atoms with Crippen molar-refractivity contribution < 1.29 is 19.2 Å². The molecule has 0 aromatic carbocycles. The summed E-state index contributed by atoms with van der Waals surface area (Å²) in [6.07, 6.45) is 0. The Kier molecular flexibility index (Phi) is 32.1. The van der Waals surface area contributed by atoms with Crippen LogP contribution in [0.5, 0.6) is 0 Å². The van der Waals surface area contributed by atoms with E-state index in [2.05, 4.69) is 0 Å². The third kappa shape index (κ3) is 48.4. The van der Waals surface area contributed by atoms with Gasteiger partial charge in [0.15, 0.2) is 0 Å². The molecule has 0 aliphatic heterocycles. The molecule has 0 heterocycles. The first-order valence-corrected chi connectivity index (χ1v) is 2.68. The molecule has 0 aliphatic rings. The van der Waals surface area contributed by atoms with Crippen LogP contribution in [-0.4, -0.2) is 158 Å². The van der Waals surface area contributed by atoms with Crippen molar-refractivity contribution in [3.63, 3.8) is 0 Å². The molecule has 0 amide bonds. The van der Waals surface area contributed by atoms with E-state index in [1.165, 1.54) is 0 Å². The first kappa shape index (κ1) is 22.8. The molecule has 40 valence electrons. The van der Waals surface area contributed by atoms with E-state index in [1.54, 1.807) is 0 Å². The van der Waals surface area contributed by atoms with Gasteiger partial charge in [-0.3, -0.25) is 0 Å². The van der Waals surface area contributed by atoms with E-state index in [-0.39, 0.29) is 130 Å². The Morgan fingerprint density at radius 3 is 0.875 bits per heavy atom. The van der Waals surface area contributed by atoms with Crippen LogP contribution < -0.4 is 0 Å². The van der Waals surface area contributed by atoms with Crippen LogP contribution in [0.1, 0.15) is 0 Å². The van der Waals surface area contributed by atoms with Crippen LogP contribution in [0.4, 0.5) is 0 Å². The van der Waals surface area contributed by atoms with Gasteiger partial charge in [0.05, 0.1) is 0 Å². The Morgan fingerprint density at radius 1 is 0.875 bits per heavy atom. The first-order chi connectivity index (χ1) is 2.00.